The highest BCUT2D eigenvalue weighted by Gasteiger charge is 2.32. The number of benzene rings is 1. The Bertz CT molecular complexity index is 474. The van der Waals surface area contributed by atoms with Crippen molar-refractivity contribution in [1.29, 1.82) is 5.26 Å². The Morgan fingerprint density at radius 1 is 1.32 bits per heavy atom. The van der Waals surface area contributed by atoms with Crippen LogP contribution < -0.4 is 0 Å². The predicted molar refractivity (Wildman–Crippen MR) is 63.2 cm³/mol. The van der Waals surface area contributed by atoms with Crippen LogP contribution in [0.5, 0.6) is 0 Å². The van der Waals surface area contributed by atoms with Crippen LogP contribution in [0.25, 0.3) is 0 Å². The number of nitrogens with zero attached hydrogens (tertiary/aromatic N) is 2. The van der Waals surface area contributed by atoms with Crippen LogP contribution in [0.15, 0.2) is 24.3 Å². The Balaban J connectivity index is 2.69. The molecule has 0 unspecified atom stereocenters. The fourth-order valence-electron chi connectivity index (χ4n) is 1.58. The molecule has 1 amide bonds. The van der Waals surface area contributed by atoms with E-state index in [4.69, 9.17) is 5.26 Å². The molecule has 1 aromatic carbocycles. The minimum atomic E-state index is -4.39. The zero-order chi connectivity index (χ0) is 14.5. The molecule has 0 atom stereocenters. The van der Waals surface area contributed by atoms with Gasteiger partial charge in [0.05, 0.1) is 18.1 Å². The Morgan fingerprint density at radius 2 is 1.89 bits per heavy atom. The van der Waals surface area contributed by atoms with Gasteiger partial charge in [0.25, 0.3) is 0 Å². The van der Waals surface area contributed by atoms with Crippen LogP contribution in [0.1, 0.15) is 18.1 Å². The number of hydrogen-bond donors (Lipinski definition) is 0. The van der Waals surface area contributed by atoms with E-state index < -0.39 is 18.6 Å². The second kappa shape index (κ2) is 6.23. The second-order valence-corrected chi connectivity index (χ2v) is 4.01. The van der Waals surface area contributed by atoms with E-state index in [1.165, 1.54) is 19.1 Å². The summed E-state index contributed by atoms with van der Waals surface area (Å²) in [5.41, 5.74) is 1.03. The van der Waals surface area contributed by atoms with Gasteiger partial charge in [-0.3, -0.25) is 4.79 Å². The highest BCUT2D eigenvalue weighted by atomic mass is 19.4. The van der Waals surface area contributed by atoms with Gasteiger partial charge in [0.15, 0.2) is 0 Å². The van der Waals surface area contributed by atoms with Crippen LogP contribution >= 0.6 is 0 Å². The summed E-state index contributed by atoms with van der Waals surface area (Å²) in [6, 6.07) is 8.12. The van der Waals surface area contributed by atoms with Crippen molar-refractivity contribution in [3.8, 4) is 6.07 Å². The van der Waals surface area contributed by atoms with Gasteiger partial charge in [-0.2, -0.15) is 18.4 Å². The summed E-state index contributed by atoms with van der Waals surface area (Å²) >= 11 is 0. The molecule has 3 nitrogen and oxygen atoms in total. The summed E-state index contributed by atoms with van der Waals surface area (Å²) in [5, 5.41) is 8.61. The van der Waals surface area contributed by atoms with Crippen molar-refractivity contribution in [2.45, 2.75) is 19.5 Å². The number of nitriles is 1. The summed E-state index contributed by atoms with van der Waals surface area (Å²) in [5.74, 6) is -0.579. The highest BCUT2D eigenvalue weighted by molar-refractivity contribution is 5.78. The molecule has 102 valence electrons. The van der Waals surface area contributed by atoms with Crippen LogP contribution in [0, 0.1) is 11.3 Å². The lowest BCUT2D eigenvalue weighted by Gasteiger charge is -2.22. The Labute approximate surface area is 109 Å². The Hall–Kier alpha value is -2.03. The van der Waals surface area contributed by atoms with Gasteiger partial charge in [-0.25, -0.2) is 0 Å². The van der Waals surface area contributed by atoms with Gasteiger partial charge in [0.1, 0.15) is 6.54 Å². The van der Waals surface area contributed by atoms with Gasteiger partial charge in [-0.1, -0.05) is 12.1 Å². The van der Waals surface area contributed by atoms with Crippen LogP contribution in [0.2, 0.25) is 0 Å². The number of likely N-dealkylation sites (N-methyl/N-ethyl adjacent to an activating group) is 1. The average molecular weight is 270 g/mol. The van der Waals surface area contributed by atoms with Crippen molar-refractivity contribution < 1.29 is 18.0 Å². The summed E-state index contributed by atoms with van der Waals surface area (Å²) in [7, 11) is 0. The zero-order valence-electron chi connectivity index (χ0n) is 10.4. The molecular formula is C13H13F3N2O. The average Bonchev–Trinajstić information content (AvgIpc) is 2.35. The first-order valence-electron chi connectivity index (χ1n) is 5.69. The first kappa shape index (κ1) is 15.0. The highest BCUT2D eigenvalue weighted by Crippen LogP contribution is 2.17. The van der Waals surface area contributed by atoms with E-state index in [9.17, 15) is 18.0 Å². The summed E-state index contributed by atoms with van der Waals surface area (Å²) in [6.45, 7) is 0.273. The van der Waals surface area contributed by atoms with Crippen LogP contribution in [-0.2, 0) is 11.2 Å². The lowest BCUT2D eigenvalue weighted by molar-refractivity contribution is -0.160. The van der Waals surface area contributed by atoms with E-state index in [0.717, 1.165) is 4.90 Å². The first-order valence-corrected chi connectivity index (χ1v) is 5.69. The second-order valence-electron chi connectivity index (χ2n) is 4.01. The van der Waals surface area contributed by atoms with Gasteiger partial charge in [0.2, 0.25) is 5.91 Å². The van der Waals surface area contributed by atoms with Crippen molar-refractivity contribution in [3.05, 3.63) is 35.4 Å². The van der Waals surface area contributed by atoms with Gasteiger partial charge < -0.3 is 4.90 Å². The fourth-order valence-corrected chi connectivity index (χ4v) is 1.58. The molecular weight excluding hydrogens is 257 g/mol. The maximum atomic E-state index is 12.3. The normalized spacial score (nSPS) is 10.9. The smallest absolute Gasteiger partial charge is 0.334 e. The maximum Gasteiger partial charge on any atom is 0.406 e. The molecule has 0 spiro atoms. The molecule has 1 aromatic rings. The number of alkyl halides is 3. The molecule has 0 aliphatic rings. The Kier molecular flexibility index (Phi) is 4.93. The van der Waals surface area contributed by atoms with E-state index in [1.54, 1.807) is 12.1 Å². The van der Waals surface area contributed by atoms with E-state index in [0.29, 0.717) is 11.1 Å². The van der Waals surface area contributed by atoms with Crippen molar-refractivity contribution in [3.63, 3.8) is 0 Å². The van der Waals surface area contributed by atoms with E-state index in [1.807, 2.05) is 6.07 Å². The number of rotatable bonds is 4. The summed E-state index contributed by atoms with van der Waals surface area (Å²) in [4.78, 5) is 12.5. The lowest BCUT2D eigenvalue weighted by atomic mass is 10.1. The molecule has 6 heteroatoms. The van der Waals surface area contributed by atoms with Crippen molar-refractivity contribution >= 4 is 5.91 Å². The van der Waals surface area contributed by atoms with Gasteiger partial charge in [-0.15, -0.1) is 0 Å². The molecule has 1 rings (SSSR count). The monoisotopic (exact) mass is 270 g/mol. The number of carbonyl (C=O) groups excluding carboxylic acids is 1. The van der Waals surface area contributed by atoms with Crippen molar-refractivity contribution in [2.24, 2.45) is 0 Å². The molecule has 0 aliphatic heterocycles. The lowest BCUT2D eigenvalue weighted by Crippen LogP contribution is -2.39. The van der Waals surface area contributed by atoms with Gasteiger partial charge in [-0.05, 0) is 24.6 Å². The predicted octanol–water partition coefficient (Wildman–Crippen LogP) is 2.51. The number of hydrogen-bond acceptors (Lipinski definition) is 2. The summed E-state index contributed by atoms with van der Waals surface area (Å²) in [6.07, 6.45) is -4.49. The topological polar surface area (TPSA) is 44.1 Å². The van der Waals surface area contributed by atoms with E-state index in [2.05, 4.69) is 0 Å². The van der Waals surface area contributed by atoms with Gasteiger partial charge >= 0.3 is 6.18 Å². The van der Waals surface area contributed by atoms with Gasteiger partial charge in [0, 0.05) is 6.54 Å². The first-order chi connectivity index (χ1) is 8.85. The molecule has 0 aliphatic carbocycles. The standard InChI is InChI=1S/C13H13F3N2O/c1-2-18(9-13(14,15)16)12(19)7-10-3-5-11(8-17)6-4-10/h3-6H,2,7,9H2,1H3. The van der Waals surface area contributed by atoms with E-state index in [-0.39, 0.29) is 13.0 Å². The van der Waals surface area contributed by atoms with Crippen molar-refractivity contribution in [1.82, 2.24) is 4.90 Å². The molecule has 0 aromatic heterocycles. The van der Waals surface area contributed by atoms with Crippen LogP contribution in [0.4, 0.5) is 13.2 Å². The molecule has 0 heterocycles. The molecule has 0 bridgehead atoms. The number of amides is 1. The summed E-state index contributed by atoms with van der Waals surface area (Å²) < 4.78 is 36.8. The van der Waals surface area contributed by atoms with Crippen LogP contribution in [0.3, 0.4) is 0 Å². The minimum absolute atomic E-state index is 0.00855. The largest absolute Gasteiger partial charge is 0.406 e. The third-order valence-corrected chi connectivity index (χ3v) is 2.54. The SMILES string of the molecule is CCN(CC(F)(F)F)C(=O)Cc1ccc(C#N)cc1. The third kappa shape index (κ3) is 5.00. The third-order valence-electron chi connectivity index (χ3n) is 2.54. The minimum Gasteiger partial charge on any atom is -0.334 e. The zero-order valence-corrected chi connectivity index (χ0v) is 10.4. The van der Waals surface area contributed by atoms with Crippen molar-refractivity contribution in [2.75, 3.05) is 13.1 Å². The molecule has 19 heavy (non-hydrogen) atoms. The number of carbonyl (C=O) groups is 1. The maximum absolute atomic E-state index is 12.3. The fraction of sp³-hybridized carbons (Fsp3) is 0.385. The van der Waals surface area contributed by atoms with Crippen LogP contribution in [-0.4, -0.2) is 30.1 Å². The molecule has 0 fully saturated rings. The quantitative estimate of drug-likeness (QED) is 0.843. The molecule has 0 radical (unpaired) electrons. The van der Waals surface area contributed by atoms with E-state index >= 15 is 0 Å². The number of halogens is 3. The molecule has 0 saturated heterocycles. The molecule has 0 saturated carbocycles. The molecule has 0 N–H and O–H groups in total. The Morgan fingerprint density at radius 3 is 2.32 bits per heavy atom.